The highest BCUT2D eigenvalue weighted by atomic mass is 19.5. The molecule has 0 aliphatic rings. The van der Waals surface area contributed by atoms with Gasteiger partial charge in [-0.15, -0.1) is 5.10 Å². The molecule has 0 unspecified atom stereocenters. The number of pyridine rings is 1. The number of nitrogens with zero attached hydrogens (tertiary/aromatic N) is 6. The van der Waals surface area contributed by atoms with Crippen LogP contribution >= 0.6 is 0 Å². The van der Waals surface area contributed by atoms with E-state index in [-0.39, 0.29) is 5.52 Å². The Morgan fingerprint density at radius 3 is 2.38 bits per heavy atom. The summed E-state index contributed by atoms with van der Waals surface area (Å²) in [5.41, 5.74) is 0.199. The van der Waals surface area contributed by atoms with Crippen LogP contribution in [0, 0.1) is 0 Å². The van der Waals surface area contributed by atoms with E-state index >= 15 is 0 Å². The van der Waals surface area contributed by atoms with E-state index in [0.717, 1.165) is 4.85 Å². The van der Waals surface area contributed by atoms with Crippen LogP contribution < -0.4 is 10.4 Å². The third-order valence-corrected chi connectivity index (χ3v) is 2.33. The van der Waals surface area contributed by atoms with Crippen LogP contribution in [0.15, 0.2) is 23.1 Å². The summed E-state index contributed by atoms with van der Waals surface area (Å²) in [4.78, 5) is 24.1. The zero-order valence-corrected chi connectivity index (χ0v) is 13.3. The highest BCUT2D eigenvalue weighted by Gasteiger charge is 2.20. The zero-order chi connectivity index (χ0) is 18.5. The Balaban J connectivity index is 0.000000505. The van der Waals surface area contributed by atoms with Gasteiger partial charge in [0, 0.05) is 6.20 Å². The Morgan fingerprint density at radius 2 is 1.88 bits per heavy atom. The van der Waals surface area contributed by atoms with Gasteiger partial charge >= 0.3 is 18.8 Å². The Hall–Kier alpha value is -2.73. The first-order valence-corrected chi connectivity index (χ1v) is 6.48. The summed E-state index contributed by atoms with van der Waals surface area (Å²) in [5.74, 6) is 0. The summed E-state index contributed by atoms with van der Waals surface area (Å²) in [6.07, 6.45) is 1.53. The summed E-state index contributed by atoms with van der Waals surface area (Å²) in [6.45, 7) is 0. The normalized spacial score (nSPS) is 10.7. The topological polar surface area (TPSA) is 76.2 Å². The predicted molar refractivity (Wildman–Crippen MR) is 79.2 cm³/mol. The first kappa shape index (κ1) is 19.3. The lowest BCUT2D eigenvalue weighted by molar-refractivity contribution is -0.480. The summed E-state index contributed by atoms with van der Waals surface area (Å²) in [7, 11) is 1.19. The fraction of sp³-hybridized carbons (Fsp3) is 0.364. The number of amidine groups is 1. The van der Waals surface area contributed by atoms with Crippen molar-refractivity contribution in [2.45, 2.75) is 0 Å². The molecule has 0 aromatic carbocycles. The van der Waals surface area contributed by atoms with Gasteiger partial charge in [-0.3, -0.25) is 9.63 Å². The first-order chi connectivity index (χ1) is 11.0. The zero-order valence-electron chi connectivity index (χ0n) is 13.3. The van der Waals surface area contributed by atoms with Crippen LogP contribution in [0.4, 0.5) is 17.3 Å². The van der Waals surface area contributed by atoms with Crippen LogP contribution in [0.25, 0.3) is 11.0 Å². The van der Waals surface area contributed by atoms with E-state index in [1.165, 1.54) is 6.20 Å². The van der Waals surface area contributed by atoms with Gasteiger partial charge in [0.1, 0.15) is 5.52 Å². The minimum absolute atomic E-state index is 0.217. The number of aromatic nitrogens is 4. The maximum absolute atomic E-state index is 12.1. The van der Waals surface area contributed by atoms with Crippen LogP contribution in [0.1, 0.15) is 0 Å². The molecule has 2 aromatic rings. The van der Waals surface area contributed by atoms with Gasteiger partial charge < -0.3 is 17.3 Å². The standard InChI is InChI=1S/C11H15N6O2.BF4/c1-15(2)11(16(3)4)19-17-10(18)9-8(13-14-17)6-5-7-12-9;2-1(3,4)5/h5-7H,1-4H3;/q+1;-1. The lowest BCUT2D eigenvalue weighted by Crippen LogP contribution is -2.43. The monoisotopic (exact) mass is 350 g/mol. The first-order valence-electron chi connectivity index (χ1n) is 6.48. The SMILES string of the molecule is CN(C)C(On1nnc2cccnc2c1=O)=[N+](C)C.F[B-](F)(F)F. The van der Waals surface area contributed by atoms with E-state index in [9.17, 15) is 22.1 Å². The van der Waals surface area contributed by atoms with Crippen molar-refractivity contribution >= 4 is 24.3 Å². The van der Waals surface area contributed by atoms with E-state index < -0.39 is 12.8 Å². The number of hydrogen-bond acceptors (Lipinski definition) is 5. The Bertz CT molecular complexity index is 782. The van der Waals surface area contributed by atoms with Gasteiger partial charge in [-0.2, -0.15) is 0 Å². The van der Waals surface area contributed by atoms with Crippen molar-refractivity contribution in [2.75, 3.05) is 28.2 Å². The number of fused-ring (bicyclic) bond motifs is 1. The van der Waals surface area contributed by atoms with Gasteiger partial charge in [-0.1, -0.05) is 0 Å². The molecule has 0 saturated heterocycles. The van der Waals surface area contributed by atoms with Gasteiger partial charge in [-0.05, 0) is 22.2 Å². The van der Waals surface area contributed by atoms with Gasteiger partial charge in [-0.25, -0.2) is 14.5 Å². The molecule has 2 rings (SSSR count). The minimum atomic E-state index is -6.00. The number of hydrogen-bond donors (Lipinski definition) is 0. The lowest BCUT2D eigenvalue weighted by Gasteiger charge is -2.10. The molecule has 0 atom stereocenters. The minimum Gasteiger partial charge on any atom is -0.418 e. The molecule has 0 bridgehead atoms. The molecule has 0 aliphatic heterocycles. The average Bonchev–Trinajstić information content (AvgIpc) is 2.44. The third-order valence-electron chi connectivity index (χ3n) is 2.33. The molecule has 2 heterocycles. The molecule has 0 fully saturated rings. The Morgan fingerprint density at radius 1 is 1.29 bits per heavy atom. The quantitative estimate of drug-likeness (QED) is 0.239. The van der Waals surface area contributed by atoms with Crippen LogP contribution in [-0.2, 0) is 0 Å². The molecule has 0 aliphatic carbocycles. The van der Waals surface area contributed by atoms with Crippen LogP contribution in [-0.4, -0.2) is 71.1 Å². The number of halogens is 4. The molecule has 0 saturated carbocycles. The van der Waals surface area contributed by atoms with Crippen LogP contribution in [0.3, 0.4) is 0 Å². The van der Waals surface area contributed by atoms with E-state index in [0.29, 0.717) is 11.5 Å². The summed E-state index contributed by atoms with van der Waals surface area (Å²) < 4.78 is 40.7. The largest absolute Gasteiger partial charge is 0.673 e. The molecule has 0 radical (unpaired) electrons. The Labute approximate surface area is 134 Å². The number of rotatable bonds is 1. The summed E-state index contributed by atoms with van der Waals surface area (Å²) in [5, 5.41) is 7.62. The van der Waals surface area contributed by atoms with Crippen molar-refractivity contribution in [1.29, 1.82) is 0 Å². The molecule has 24 heavy (non-hydrogen) atoms. The van der Waals surface area contributed by atoms with Crippen molar-refractivity contribution in [3.63, 3.8) is 0 Å². The van der Waals surface area contributed by atoms with Crippen molar-refractivity contribution in [3.05, 3.63) is 28.7 Å². The van der Waals surface area contributed by atoms with Crippen molar-refractivity contribution in [3.8, 4) is 0 Å². The molecule has 0 amide bonds. The van der Waals surface area contributed by atoms with Crippen molar-refractivity contribution in [2.24, 2.45) is 0 Å². The molecule has 0 N–H and O–H groups in total. The molecular formula is C11H15BF4N6O2. The van der Waals surface area contributed by atoms with Gasteiger partial charge in [0.25, 0.3) is 0 Å². The van der Waals surface area contributed by atoms with Gasteiger partial charge in [0.2, 0.25) is 0 Å². The van der Waals surface area contributed by atoms with E-state index in [1.54, 1.807) is 49.8 Å². The highest BCUT2D eigenvalue weighted by Crippen LogP contribution is 2.06. The highest BCUT2D eigenvalue weighted by molar-refractivity contribution is 6.50. The lowest BCUT2D eigenvalue weighted by atomic mass is 10.3. The molecule has 8 nitrogen and oxygen atoms in total. The van der Waals surface area contributed by atoms with Gasteiger partial charge in [0.15, 0.2) is 5.52 Å². The fourth-order valence-corrected chi connectivity index (χ4v) is 1.56. The van der Waals surface area contributed by atoms with Gasteiger partial charge in [0.05, 0.1) is 28.2 Å². The smallest absolute Gasteiger partial charge is 0.418 e. The predicted octanol–water partition coefficient (Wildman–Crippen LogP) is 0.105. The van der Waals surface area contributed by atoms with Crippen LogP contribution in [0.5, 0.6) is 0 Å². The Kier molecular flexibility index (Phi) is 6.20. The molecule has 2 aromatic heterocycles. The van der Waals surface area contributed by atoms with E-state index in [4.69, 9.17) is 4.84 Å². The third kappa shape index (κ3) is 5.81. The maximum atomic E-state index is 12.1. The van der Waals surface area contributed by atoms with Crippen molar-refractivity contribution in [1.82, 2.24) is 25.0 Å². The molecule has 13 heteroatoms. The van der Waals surface area contributed by atoms with E-state index in [1.807, 2.05) is 0 Å². The summed E-state index contributed by atoms with van der Waals surface area (Å²) in [6, 6.07) is 3.81. The fourth-order valence-electron chi connectivity index (χ4n) is 1.56. The molecular weight excluding hydrogens is 335 g/mol. The van der Waals surface area contributed by atoms with E-state index in [2.05, 4.69) is 15.3 Å². The summed E-state index contributed by atoms with van der Waals surface area (Å²) >= 11 is 0. The average molecular weight is 350 g/mol. The second-order valence-corrected chi connectivity index (χ2v) is 4.80. The second kappa shape index (κ2) is 7.70. The second-order valence-electron chi connectivity index (χ2n) is 4.80. The maximum Gasteiger partial charge on any atom is 0.673 e. The van der Waals surface area contributed by atoms with Crippen LogP contribution in [0.2, 0.25) is 0 Å². The van der Waals surface area contributed by atoms with Crippen molar-refractivity contribution < 1.29 is 26.7 Å². The molecule has 132 valence electrons. The molecule has 0 spiro atoms.